The SMILES string of the molecule is CC(C)NC1(C)CC(O)C1. The van der Waals surface area contributed by atoms with E-state index in [-0.39, 0.29) is 11.6 Å². The van der Waals surface area contributed by atoms with Crippen LogP contribution in [0.1, 0.15) is 33.6 Å². The van der Waals surface area contributed by atoms with Gasteiger partial charge in [-0.3, -0.25) is 0 Å². The molecule has 1 fully saturated rings. The van der Waals surface area contributed by atoms with Gasteiger partial charge in [-0.05, 0) is 19.8 Å². The van der Waals surface area contributed by atoms with Crippen LogP contribution in [0.3, 0.4) is 0 Å². The second kappa shape index (κ2) is 2.51. The highest BCUT2D eigenvalue weighted by Crippen LogP contribution is 2.31. The average Bonchev–Trinajstić information content (AvgIpc) is 1.57. The molecule has 0 aromatic rings. The molecule has 0 bridgehead atoms. The predicted molar refractivity (Wildman–Crippen MR) is 41.9 cm³/mol. The summed E-state index contributed by atoms with van der Waals surface area (Å²) in [5.74, 6) is 0. The Morgan fingerprint density at radius 2 is 2.00 bits per heavy atom. The van der Waals surface area contributed by atoms with E-state index in [1.807, 2.05) is 0 Å². The molecule has 1 saturated carbocycles. The van der Waals surface area contributed by atoms with Crippen molar-refractivity contribution >= 4 is 0 Å². The number of aliphatic hydroxyl groups is 1. The minimum atomic E-state index is -0.0590. The van der Waals surface area contributed by atoms with Gasteiger partial charge < -0.3 is 10.4 Å². The van der Waals surface area contributed by atoms with Gasteiger partial charge in [0.05, 0.1) is 6.10 Å². The van der Waals surface area contributed by atoms with Crippen molar-refractivity contribution in [2.75, 3.05) is 0 Å². The molecule has 2 heteroatoms. The highest BCUT2D eigenvalue weighted by Gasteiger charge is 2.38. The lowest BCUT2D eigenvalue weighted by molar-refractivity contribution is 0.00788. The molecule has 1 rings (SSSR count). The van der Waals surface area contributed by atoms with Crippen LogP contribution in [0.5, 0.6) is 0 Å². The highest BCUT2D eigenvalue weighted by molar-refractivity contribution is 4.98. The largest absolute Gasteiger partial charge is 0.393 e. The van der Waals surface area contributed by atoms with Crippen LogP contribution in [0.2, 0.25) is 0 Å². The molecule has 0 atom stereocenters. The topological polar surface area (TPSA) is 32.3 Å². The van der Waals surface area contributed by atoms with Gasteiger partial charge in [0, 0.05) is 11.6 Å². The van der Waals surface area contributed by atoms with Crippen molar-refractivity contribution in [3.05, 3.63) is 0 Å². The molecule has 2 N–H and O–H groups in total. The van der Waals surface area contributed by atoms with Gasteiger partial charge in [-0.15, -0.1) is 0 Å². The number of hydrogen-bond acceptors (Lipinski definition) is 2. The Bertz CT molecular complexity index is 116. The van der Waals surface area contributed by atoms with Gasteiger partial charge in [0.1, 0.15) is 0 Å². The first-order valence-corrected chi connectivity index (χ1v) is 3.98. The summed E-state index contributed by atoms with van der Waals surface area (Å²) in [6.07, 6.45) is 1.76. The van der Waals surface area contributed by atoms with Gasteiger partial charge in [-0.1, -0.05) is 13.8 Å². The molecule has 0 aromatic heterocycles. The van der Waals surface area contributed by atoms with Crippen molar-refractivity contribution < 1.29 is 5.11 Å². The van der Waals surface area contributed by atoms with Gasteiger partial charge in [0.15, 0.2) is 0 Å². The zero-order valence-electron chi connectivity index (χ0n) is 7.02. The smallest absolute Gasteiger partial charge is 0.0575 e. The molecular weight excluding hydrogens is 126 g/mol. The van der Waals surface area contributed by atoms with E-state index in [4.69, 9.17) is 5.11 Å². The molecule has 10 heavy (non-hydrogen) atoms. The summed E-state index contributed by atoms with van der Waals surface area (Å²) in [5.41, 5.74) is 0.216. The van der Waals surface area contributed by atoms with E-state index in [2.05, 4.69) is 26.1 Å². The van der Waals surface area contributed by atoms with Crippen LogP contribution in [0, 0.1) is 0 Å². The zero-order chi connectivity index (χ0) is 7.78. The van der Waals surface area contributed by atoms with Crippen molar-refractivity contribution in [2.45, 2.75) is 51.3 Å². The number of hydrogen-bond donors (Lipinski definition) is 2. The molecule has 0 aromatic carbocycles. The summed E-state index contributed by atoms with van der Waals surface area (Å²) in [7, 11) is 0. The van der Waals surface area contributed by atoms with Crippen molar-refractivity contribution in [3.8, 4) is 0 Å². The molecular formula is C8H17NO. The van der Waals surface area contributed by atoms with Crippen molar-refractivity contribution in [2.24, 2.45) is 0 Å². The Hall–Kier alpha value is -0.0800. The third-order valence-electron chi connectivity index (χ3n) is 2.01. The fourth-order valence-electron chi connectivity index (χ4n) is 1.80. The van der Waals surface area contributed by atoms with Gasteiger partial charge in [-0.2, -0.15) is 0 Å². The Labute approximate surface area is 62.6 Å². The van der Waals surface area contributed by atoms with Crippen LogP contribution in [-0.4, -0.2) is 22.8 Å². The zero-order valence-corrected chi connectivity index (χ0v) is 7.02. The van der Waals surface area contributed by atoms with Crippen LogP contribution in [-0.2, 0) is 0 Å². The lowest BCUT2D eigenvalue weighted by Gasteiger charge is -2.44. The molecule has 0 aliphatic heterocycles. The summed E-state index contributed by atoms with van der Waals surface area (Å²) in [6, 6.07) is 0.525. The Morgan fingerprint density at radius 1 is 1.50 bits per heavy atom. The maximum atomic E-state index is 9.06. The molecule has 0 heterocycles. The molecule has 1 aliphatic carbocycles. The maximum absolute atomic E-state index is 9.06. The molecule has 1 aliphatic rings. The lowest BCUT2D eigenvalue weighted by Crippen LogP contribution is -2.57. The van der Waals surface area contributed by atoms with E-state index in [1.54, 1.807) is 0 Å². The number of rotatable bonds is 2. The highest BCUT2D eigenvalue weighted by atomic mass is 16.3. The predicted octanol–water partition coefficient (Wildman–Crippen LogP) is 0.898. The first-order valence-electron chi connectivity index (χ1n) is 3.98. The van der Waals surface area contributed by atoms with E-state index in [1.165, 1.54) is 0 Å². The molecule has 0 spiro atoms. The standard InChI is InChI=1S/C8H17NO/c1-6(2)9-8(3)4-7(10)5-8/h6-7,9-10H,4-5H2,1-3H3. The molecule has 0 radical (unpaired) electrons. The van der Waals surface area contributed by atoms with Gasteiger partial charge >= 0.3 is 0 Å². The first kappa shape index (κ1) is 8.02. The number of nitrogens with one attached hydrogen (secondary N) is 1. The van der Waals surface area contributed by atoms with Crippen LogP contribution >= 0.6 is 0 Å². The van der Waals surface area contributed by atoms with Gasteiger partial charge in [-0.25, -0.2) is 0 Å². The Morgan fingerprint density at radius 3 is 2.30 bits per heavy atom. The van der Waals surface area contributed by atoms with Crippen molar-refractivity contribution in [3.63, 3.8) is 0 Å². The summed E-state index contributed by atoms with van der Waals surface area (Å²) in [4.78, 5) is 0. The van der Waals surface area contributed by atoms with Gasteiger partial charge in [0.2, 0.25) is 0 Å². The molecule has 0 unspecified atom stereocenters. The van der Waals surface area contributed by atoms with Crippen molar-refractivity contribution in [1.29, 1.82) is 0 Å². The molecule has 0 amide bonds. The van der Waals surface area contributed by atoms with E-state index in [0.717, 1.165) is 12.8 Å². The quantitative estimate of drug-likeness (QED) is 0.602. The van der Waals surface area contributed by atoms with Crippen LogP contribution in [0.4, 0.5) is 0 Å². The second-order valence-corrected chi connectivity index (χ2v) is 3.92. The molecule has 0 saturated heterocycles. The average molecular weight is 143 g/mol. The third-order valence-corrected chi connectivity index (χ3v) is 2.01. The minimum absolute atomic E-state index is 0.0590. The van der Waals surface area contributed by atoms with E-state index in [9.17, 15) is 0 Å². The lowest BCUT2D eigenvalue weighted by atomic mass is 9.75. The molecule has 60 valence electrons. The fraction of sp³-hybridized carbons (Fsp3) is 1.00. The Kier molecular flexibility index (Phi) is 2.02. The summed E-state index contributed by atoms with van der Waals surface area (Å²) < 4.78 is 0. The van der Waals surface area contributed by atoms with E-state index in [0.29, 0.717) is 6.04 Å². The first-order chi connectivity index (χ1) is 4.52. The second-order valence-electron chi connectivity index (χ2n) is 3.92. The Balaban J connectivity index is 2.27. The van der Waals surface area contributed by atoms with Crippen LogP contribution < -0.4 is 5.32 Å². The summed E-state index contributed by atoms with van der Waals surface area (Å²) >= 11 is 0. The van der Waals surface area contributed by atoms with Gasteiger partial charge in [0.25, 0.3) is 0 Å². The third kappa shape index (κ3) is 1.70. The molecule has 2 nitrogen and oxygen atoms in total. The van der Waals surface area contributed by atoms with Crippen LogP contribution in [0.25, 0.3) is 0 Å². The fourth-order valence-corrected chi connectivity index (χ4v) is 1.80. The minimum Gasteiger partial charge on any atom is -0.393 e. The summed E-state index contributed by atoms with van der Waals surface area (Å²) in [6.45, 7) is 6.44. The normalized spacial score (nSPS) is 39.9. The number of aliphatic hydroxyl groups excluding tert-OH is 1. The maximum Gasteiger partial charge on any atom is 0.0575 e. The monoisotopic (exact) mass is 143 g/mol. The van der Waals surface area contributed by atoms with Crippen LogP contribution in [0.15, 0.2) is 0 Å². The van der Waals surface area contributed by atoms with Crippen molar-refractivity contribution in [1.82, 2.24) is 5.32 Å². The summed E-state index contributed by atoms with van der Waals surface area (Å²) in [5, 5.41) is 12.5. The van der Waals surface area contributed by atoms with E-state index < -0.39 is 0 Å². The van der Waals surface area contributed by atoms with E-state index >= 15 is 0 Å².